The van der Waals surface area contributed by atoms with Gasteiger partial charge in [0.1, 0.15) is 0 Å². The van der Waals surface area contributed by atoms with E-state index in [0.29, 0.717) is 12.5 Å². The van der Waals surface area contributed by atoms with E-state index in [2.05, 4.69) is 27.7 Å². The normalized spacial score (nSPS) is 13.2. The quantitative estimate of drug-likeness (QED) is 0.277. The first-order valence-electron chi connectivity index (χ1n) is 10.7. The van der Waals surface area contributed by atoms with Crippen LogP contribution in [0.1, 0.15) is 118 Å². The molecule has 0 aliphatic carbocycles. The molecule has 0 rings (SSSR count). The summed E-state index contributed by atoms with van der Waals surface area (Å²) in [6, 6.07) is 0. The second-order valence-corrected chi connectivity index (χ2v) is 8.53. The predicted octanol–water partition coefficient (Wildman–Crippen LogP) is 7.37. The molecule has 0 radical (unpaired) electrons. The smallest absolute Gasteiger partial charge is 0.0459 e. The van der Waals surface area contributed by atoms with E-state index in [-0.39, 0.29) is 0 Å². The van der Waals surface area contributed by atoms with Crippen molar-refractivity contribution in [2.75, 3.05) is 6.61 Å². The number of hydrogen-bond donors (Lipinski definition) is 1. The highest BCUT2D eigenvalue weighted by molar-refractivity contribution is 4.60. The maximum Gasteiger partial charge on any atom is 0.0459 e. The topological polar surface area (TPSA) is 20.2 Å². The lowest BCUT2D eigenvalue weighted by atomic mass is 9.94. The van der Waals surface area contributed by atoms with Crippen LogP contribution in [0, 0.1) is 17.8 Å². The van der Waals surface area contributed by atoms with E-state index in [1.807, 2.05) is 0 Å². The average Bonchev–Trinajstić information content (AvgIpc) is 2.50. The van der Waals surface area contributed by atoms with Gasteiger partial charge in [-0.1, -0.05) is 105 Å². The van der Waals surface area contributed by atoms with Gasteiger partial charge in [-0.15, -0.1) is 0 Å². The second kappa shape index (κ2) is 16.8. The van der Waals surface area contributed by atoms with E-state index in [0.717, 1.165) is 11.8 Å². The first-order valence-corrected chi connectivity index (χ1v) is 10.7. The zero-order chi connectivity index (χ0) is 17.3. The maximum atomic E-state index is 9.50. The third-order valence-electron chi connectivity index (χ3n) is 5.05. The van der Waals surface area contributed by atoms with Crippen LogP contribution in [-0.4, -0.2) is 11.7 Å². The van der Waals surface area contributed by atoms with Gasteiger partial charge in [0, 0.05) is 6.61 Å². The van der Waals surface area contributed by atoms with Crippen molar-refractivity contribution in [2.45, 2.75) is 118 Å². The van der Waals surface area contributed by atoms with Gasteiger partial charge in [0.15, 0.2) is 0 Å². The molecule has 1 atom stereocenters. The van der Waals surface area contributed by atoms with Crippen molar-refractivity contribution in [1.82, 2.24) is 0 Å². The van der Waals surface area contributed by atoms with Crippen LogP contribution in [-0.2, 0) is 0 Å². The lowest BCUT2D eigenvalue weighted by Gasteiger charge is -2.14. The molecule has 1 heteroatoms. The van der Waals surface area contributed by atoms with E-state index in [4.69, 9.17) is 0 Å². The average molecular weight is 327 g/mol. The highest BCUT2D eigenvalue weighted by atomic mass is 16.3. The number of hydrogen-bond acceptors (Lipinski definition) is 1. The van der Waals surface area contributed by atoms with Crippen LogP contribution in [0.3, 0.4) is 0 Å². The molecule has 0 spiro atoms. The monoisotopic (exact) mass is 326 g/mol. The number of aliphatic hydroxyl groups excluding tert-OH is 1. The lowest BCUT2D eigenvalue weighted by Crippen LogP contribution is -2.06. The summed E-state index contributed by atoms with van der Waals surface area (Å²) < 4.78 is 0. The molecule has 23 heavy (non-hydrogen) atoms. The molecule has 1 N–H and O–H groups in total. The predicted molar refractivity (Wildman–Crippen MR) is 105 cm³/mol. The van der Waals surface area contributed by atoms with Gasteiger partial charge in [-0.3, -0.25) is 0 Å². The zero-order valence-corrected chi connectivity index (χ0v) is 16.8. The van der Waals surface area contributed by atoms with Gasteiger partial charge in [-0.2, -0.15) is 0 Å². The van der Waals surface area contributed by atoms with Gasteiger partial charge in [0.05, 0.1) is 0 Å². The fourth-order valence-electron chi connectivity index (χ4n) is 3.36. The number of unbranched alkanes of at least 4 members (excludes halogenated alkanes) is 8. The number of aliphatic hydroxyl groups is 1. The molecule has 0 aliphatic rings. The molecule has 0 aromatic carbocycles. The van der Waals surface area contributed by atoms with E-state index >= 15 is 0 Å². The molecular weight excluding hydrogens is 280 g/mol. The van der Waals surface area contributed by atoms with Crippen LogP contribution in [0.25, 0.3) is 0 Å². The highest BCUT2D eigenvalue weighted by Gasteiger charge is 2.07. The van der Waals surface area contributed by atoms with E-state index < -0.39 is 0 Å². The van der Waals surface area contributed by atoms with Crippen LogP contribution in [0.4, 0.5) is 0 Å². The summed E-state index contributed by atoms with van der Waals surface area (Å²) in [5, 5.41) is 9.50. The first kappa shape index (κ1) is 23.0. The Hall–Kier alpha value is -0.0400. The molecule has 0 aromatic rings. The fraction of sp³-hybridized carbons (Fsp3) is 1.00. The highest BCUT2D eigenvalue weighted by Crippen LogP contribution is 2.19. The van der Waals surface area contributed by atoms with Gasteiger partial charge < -0.3 is 5.11 Å². The van der Waals surface area contributed by atoms with Crippen molar-refractivity contribution in [3.8, 4) is 0 Å². The van der Waals surface area contributed by atoms with Crippen LogP contribution < -0.4 is 0 Å². The Labute approximate surface area is 147 Å². The molecule has 0 saturated heterocycles. The third kappa shape index (κ3) is 18.1. The van der Waals surface area contributed by atoms with Gasteiger partial charge in [0.25, 0.3) is 0 Å². The number of rotatable bonds is 17. The Balaban J connectivity index is 3.30. The van der Waals surface area contributed by atoms with Crippen molar-refractivity contribution in [3.05, 3.63) is 0 Å². The molecule has 1 unspecified atom stereocenters. The molecule has 0 heterocycles. The largest absolute Gasteiger partial charge is 0.396 e. The molecule has 140 valence electrons. The van der Waals surface area contributed by atoms with Gasteiger partial charge in [-0.05, 0) is 30.6 Å². The summed E-state index contributed by atoms with van der Waals surface area (Å²) in [5.41, 5.74) is 0. The molecule has 0 saturated carbocycles. The summed E-state index contributed by atoms with van der Waals surface area (Å²) in [4.78, 5) is 0. The second-order valence-electron chi connectivity index (χ2n) is 8.53. The first-order chi connectivity index (χ1) is 11.1. The molecule has 1 nitrogen and oxygen atoms in total. The summed E-state index contributed by atoms with van der Waals surface area (Å²) in [6.45, 7) is 9.65. The standard InChI is InChI=1S/C22H46O/c1-20(2)15-11-9-7-5-6-8-10-12-17-22(19-23)18-14-13-16-21(3)4/h20-23H,5-19H2,1-4H3. The Kier molecular flexibility index (Phi) is 16.8. The minimum absolute atomic E-state index is 0.400. The molecule has 0 aromatic heterocycles. The summed E-state index contributed by atoms with van der Waals surface area (Å²) >= 11 is 0. The van der Waals surface area contributed by atoms with Crippen molar-refractivity contribution < 1.29 is 5.11 Å². The Morgan fingerprint density at radius 2 is 0.783 bits per heavy atom. The van der Waals surface area contributed by atoms with E-state index in [1.54, 1.807) is 0 Å². The van der Waals surface area contributed by atoms with Crippen molar-refractivity contribution in [3.63, 3.8) is 0 Å². The minimum Gasteiger partial charge on any atom is -0.396 e. The van der Waals surface area contributed by atoms with Gasteiger partial charge in [-0.25, -0.2) is 0 Å². The lowest BCUT2D eigenvalue weighted by molar-refractivity contribution is 0.203. The Morgan fingerprint density at radius 1 is 0.478 bits per heavy atom. The zero-order valence-electron chi connectivity index (χ0n) is 16.8. The molecule has 0 fully saturated rings. The van der Waals surface area contributed by atoms with Crippen molar-refractivity contribution in [2.24, 2.45) is 17.8 Å². The van der Waals surface area contributed by atoms with Crippen molar-refractivity contribution >= 4 is 0 Å². The molecule has 0 aliphatic heterocycles. The Bertz CT molecular complexity index is 222. The SMILES string of the molecule is CC(C)CCCCCCCCCCC(CO)CCCCC(C)C. The van der Waals surface area contributed by atoms with Gasteiger partial charge >= 0.3 is 0 Å². The third-order valence-corrected chi connectivity index (χ3v) is 5.05. The molecule has 0 amide bonds. The van der Waals surface area contributed by atoms with Crippen LogP contribution in [0.2, 0.25) is 0 Å². The van der Waals surface area contributed by atoms with Crippen LogP contribution in [0.5, 0.6) is 0 Å². The summed E-state index contributed by atoms with van der Waals surface area (Å²) in [5.74, 6) is 2.27. The van der Waals surface area contributed by atoms with Crippen LogP contribution in [0.15, 0.2) is 0 Å². The molecular formula is C22H46O. The van der Waals surface area contributed by atoms with Crippen LogP contribution >= 0.6 is 0 Å². The van der Waals surface area contributed by atoms with Gasteiger partial charge in [0.2, 0.25) is 0 Å². The minimum atomic E-state index is 0.400. The van der Waals surface area contributed by atoms with E-state index in [1.165, 1.54) is 89.9 Å². The molecule has 0 bridgehead atoms. The summed E-state index contributed by atoms with van der Waals surface area (Å²) in [6.07, 6.45) is 19.1. The Morgan fingerprint density at radius 3 is 1.17 bits per heavy atom. The van der Waals surface area contributed by atoms with E-state index in [9.17, 15) is 5.11 Å². The fourth-order valence-corrected chi connectivity index (χ4v) is 3.36. The van der Waals surface area contributed by atoms with Crippen molar-refractivity contribution in [1.29, 1.82) is 0 Å². The maximum absolute atomic E-state index is 9.50. The summed E-state index contributed by atoms with van der Waals surface area (Å²) in [7, 11) is 0.